The minimum Gasteiger partial charge on any atom is -0.435 e. The van der Waals surface area contributed by atoms with Gasteiger partial charge in [-0.3, -0.25) is 9.79 Å². The van der Waals surface area contributed by atoms with Crippen molar-refractivity contribution in [3.05, 3.63) is 29.8 Å². The molecule has 1 aliphatic carbocycles. The molecule has 0 saturated heterocycles. The van der Waals surface area contributed by atoms with Crippen LogP contribution in [0.3, 0.4) is 0 Å². The lowest BCUT2D eigenvalue weighted by atomic mass is 9.84. The summed E-state index contributed by atoms with van der Waals surface area (Å²) in [4.78, 5) is 20.6. The van der Waals surface area contributed by atoms with Crippen LogP contribution in [0.25, 0.3) is 0 Å². The Morgan fingerprint density at radius 2 is 1.79 bits per heavy atom. The highest BCUT2D eigenvalue weighted by Gasteiger charge is 2.42. The molecule has 1 amide bonds. The first-order chi connectivity index (χ1) is 13.3. The summed E-state index contributed by atoms with van der Waals surface area (Å²) in [6.45, 7) is -1.74. The first-order valence-electron chi connectivity index (χ1n) is 9.45. The lowest BCUT2D eigenvalue weighted by Crippen LogP contribution is -2.49. The summed E-state index contributed by atoms with van der Waals surface area (Å²) in [5.41, 5.74) is 0.557. The summed E-state index contributed by atoms with van der Waals surface area (Å²) in [6, 6.07) is 6.54. The van der Waals surface area contributed by atoms with E-state index in [0.29, 0.717) is 19.0 Å². The van der Waals surface area contributed by atoms with Gasteiger partial charge in [0.2, 0.25) is 5.91 Å². The molecule has 0 aliphatic heterocycles. The highest BCUT2D eigenvalue weighted by molar-refractivity contribution is 14.0. The summed E-state index contributed by atoms with van der Waals surface area (Å²) in [6.07, 6.45) is 3.87. The van der Waals surface area contributed by atoms with Crippen molar-refractivity contribution in [3.8, 4) is 5.75 Å². The van der Waals surface area contributed by atoms with Gasteiger partial charge >= 0.3 is 6.61 Å². The summed E-state index contributed by atoms with van der Waals surface area (Å²) >= 11 is 0. The Morgan fingerprint density at radius 1 is 1.21 bits per heavy atom. The number of rotatable bonds is 7. The van der Waals surface area contributed by atoms with Gasteiger partial charge in [-0.15, -0.1) is 24.0 Å². The van der Waals surface area contributed by atoms with Crippen LogP contribution in [0.2, 0.25) is 0 Å². The van der Waals surface area contributed by atoms with Crippen molar-refractivity contribution in [3.63, 3.8) is 0 Å². The van der Waals surface area contributed by atoms with Crippen molar-refractivity contribution in [1.82, 2.24) is 15.1 Å². The molecule has 1 saturated carbocycles. The molecule has 0 unspecified atom stereocenters. The zero-order chi connectivity index (χ0) is 20.7. The number of benzene rings is 1. The molecule has 0 spiro atoms. The van der Waals surface area contributed by atoms with E-state index in [-0.39, 0.29) is 41.0 Å². The SMILES string of the molecule is CN=C(NCC1(C(=O)N(C)C)CCCC1)N(C)Cc1ccc(OC(F)F)cc1.I. The number of carbonyl (C=O) groups is 1. The van der Waals surface area contributed by atoms with Crippen molar-refractivity contribution in [1.29, 1.82) is 0 Å². The molecule has 2 rings (SSSR count). The quantitative estimate of drug-likeness (QED) is 0.337. The lowest BCUT2D eigenvalue weighted by Gasteiger charge is -2.32. The Hall–Kier alpha value is -1.65. The van der Waals surface area contributed by atoms with E-state index in [4.69, 9.17) is 0 Å². The number of nitrogens with zero attached hydrogens (tertiary/aromatic N) is 3. The summed E-state index contributed by atoms with van der Waals surface area (Å²) < 4.78 is 28.9. The van der Waals surface area contributed by atoms with Gasteiger partial charge in [0, 0.05) is 41.3 Å². The lowest BCUT2D eigenvalue weighted by molar-refractivity contribution is -0.138. The topological polar surface area (TPSA) is 57.2 Å². The fourth-order valence-corrected chi connectivity index (χ4v) is 3.75. The Kier molecular flexibility index (Phi) is 10.1. The van der Waals surface area contributed by atoms with Crippen LogP contribution in [0.4, 0.5) is 8.78 Å². The second kappa shape index (κ2) is 11.5. The molecule has 164 valence electrons. The van der Waals surface area contributed by atoms with Crippen LogP contribution >= 0.6 is 24.0 Å². The van der Waals surface area contributed by atoms with E-state index in [1.54, 1.807) is 38.2 Å². The predicted octanol–water partition coefficient (Wildman–Crippen LogP) is 3.56. The molecular weight excluding hydrogens is 493 g/mol. The van der Waals surface area contributed by atoms with Gasteiger partial charge in [0.05, 0.1) is 5.41 Å². The molecule has 0 aromatic heterocycles. The van der Waals surface area contributed by atoms with Gasteiger partial charge in [-0.2, -0.15) is 8.78 Å². The molecule has 1 fully saturated rings. The second-order valence-corrected chi connectivity index (χ2v) is 7.47. The maximum absolute atomic E-state index is 12.7. The molecule has 6 nitrogen and oxygen atoms in total. The minimum atomic E-state index is -2.83. The largest absolute Gasteiger partial charge is 0.435 e. The highest BCUT2D eigenvalue weighted by atomic mass is 127. The number of guanidine groups is 1. The zero-order valence-electron chi connectivity index (χ0n) is 17.5. The third-order valence-corrected chi connectivity index (χ3v) is 5.15. The fraction of sp³-hybridized carbons (Fsp3) is 0.600. The van der Waals surface area contributed by atoms with Gasteiger partial charge in [0.1, 0.15) is 5.75 Å². The Labute approximate surface area is 188 Å². The normalized spacial score (nSPS) is 15.6. The smallest absolute Gasteiger partial charge is 0.387 e. The van der Waals surface area contributed by atoms with E-state index >= 15 is 0 Å². The van der Waals surface area contributed by atoms with Crippen LogP contribution in [0, 0.1) is 5.41 Å². The monoisotopic (exact) mass is 524 g/mol. The Morgan fingerprint density at radius 3 is 2.28 bits per heavy atom. The van der Waals surface area contributed by atoms with E-state index in [9.17, 15) is 13.6 Å². The maximum Gasteiger partial charge on any atom is 0.387 e. The number of ether oxygens (including phenoxy) is 1. The molecule has 1 N–H and O–H groups in total. The van der Waals surface area contributed by atoms with Gasteiger partial charge in [0.25, 0.3) is 0 Å². The number of amides is 1. The fourth-order valence-electron chi connectivity index (χ4n) is 3.75. The van der Waals surface area contributed by atoms with Crippen LogP contribution in [-0.2, 0) is 11.3 Å². The second-order valence-electron chi connectivity index (χ2n) is 7.47. The van der Waals surface area contributed by atoms with E-state index < -0.39 is 6.61 Å². The third-order valence-electron chi connectivity index (χ3n) is 5.15. The van der Waals surface area contributed by atoms with E-state index in [2.05, 4.69) is 15.0 Å². The third kappa shape index (κ3) is 6.97. The molecule has 1 aromatic carbocycles. The number of aliphatic imine (C=N–C) groups is 1. The van der Waals surface area contributed by atoms with E-state index in [1.165, 1.54) is 12.1 Å². The number of carbonyl (C=O) groups excluding carboxylic acids is 1. The predicted molar refractivity (Wildman–Crippen MR) is 121 cm³/mol. The van der Waals surface area contributed by atoms with Crippen LogP contribution in [0.1, 0.15) is 31.2 Å². The molecule has 0 heterocycles. The maximum atomic E-state index is 12.7. The minimum absolute atomic E-state index is 0. The van der Waals surface area contributed by atoms with Crippen molar-refractivity contribution in [2.75, 3.05) is 34.7 Å². The van der Waals surface area contributed by atoms with Gasteiger partial charge in [-0.1, -0.05) is 25.0 Å². The van der Waals surface area contributed by atoms with Crippen molar-refractivity contribution in [2.45, 2.75) is 38.8 Å². The average molecular weight is 524 g/mol. The molecule has 29 heavy (non-hydrogen) atoms. The highest BCUT2D eigenvalue weighted by Crippen LogP contribution is 2.39. The standard InChI is InChI=1S/C20H30F2N4O2.HI/c1-23-19(24-14-20(11-5-6-12-20)17(27)25(2)3)26(4)13-15-7-9-16(10-8-15)28-18(21)22;/h7-10,18H,5-6,11-14H2,1-4H3,(H,23,24);1H. The molecule has 0 bridgehead atoms. The average Bonchev–Trinajstić information content (AvgIpc) is 3.12. The van der Waals surface area contributed by atoms with Crippen molar-refractivity contribution >= 4 is 35.8 Å². The van der Waals surface area contributed by atoms with Crippen LogP contribution in [0.5, 0.6) is 5.75 Å². The Balaban J connectivity index is 0.00000420. The van der Waals surface area contributed by atoms with Crippen LogP contribution < -0.4 is 10.1 Å². The molecule has 0 radical (unpaired) electrons. The van der Waals surface area contributed by atoms with Gasteiger partial charge in [0.15, 0.2) is 5.96 Å². The van der Waals surface area contributed by atoms with Gasteiger partial charge in [-0.05, 0) is 30.5 Å². The molecular formula is C20H31F2IN4O2. The molecule has 1 aliphatic rings. The van der Waals surface area contributed by atoms with Crippen LogP contribution in [0.15, 0.2) is 29.3 Å². The molecule has 0 atom stereocenters. The summed E-state index contributed by atoms with van der Waals surface area (Å²) in [5.74, 6) is 0.977. The number of hydrogen-bond acceptors (Lipinski definition) is 3. The van der Waals surface area contributed by atoms with Crippen molar-refractivity contribution < 1.29 is 18.3 Å². The molecule has 9 heteroatoms. The summed E-state index contributed by atoms with van der Waals surface area (Å²) in [5, 5.41) is 3.35. The number of nitrogens with one attached hydrogen (secondary N) is 1. The first-order valence-corrected chi connectivity index (χ1v) is 9.45. The number of halogens is 3. The zero-order valence-corrected chi connectivity index (χ0v) is 19.8. The van der Waals surface area contributed by atoms with E-state index in [0.717, 1.165) is 31.2 Å². The van der Waals surface area contributed by atoms with Crippen molar-refractivity contribution in [2.24, 2.45) is 10.4 Å². The Bertz CT molecular complexity index is 678. The van der Waals surface area contributed by atoms with Gasteiger partial charge in [-0.25, -0.2) is 0 Å². The summed E-state index contributed by atoms with van der Waals surface area (Å²) in [7, 11) is 7.19. The first kappa shape index (κ1) is 25.4. The van der Waals surface area contributed by atoms with Crippen LogP contribution in [-0.4, -0.2) is 63.0 Å². The number of alkyl halides is 2. The van der Waals surface area contributed by atoms with Gasteiger partial charge < -0.3 is 19.9 Å². The molecule has 1 aromatic rings. The number of hydrogen-bond donors (Lipinski definition) is 1. The van der Waals surface area contributed by atoms with E-state index in [1.807, 2.05) is 11.9 Å².